The van der Waals surface area contributed by atoms with Gasteiger partial charge in [0.2, 0.25) is 0 Å². The number of halogens is 1. The molecule has 0 bridgehead atoms. The molecule has 0 aliphatic heterocycles. The van der Waals surface area contributed by atoms with Gasteiger partial charge in [0.1, 0.15) is 5.75 Å². The Labute approximate surface area is 122 Å². The Morgan fingerprint density at radius 3 is 2.53 bits per heavy atom. The summed E-state index contributed by atoms with van der Waals surface area (Å²) in [7, 11) is 1.66. The van der Waals surface area contributed by atoms with E-state index in [2.05, 4.69) is 6.07 Å². The molecule has 2 rings (SSSR count). The smallest absolute Gasteiger partial charge is 0.118 e. The predicted octanol–water partition coefficient (Wildman–Crippen LogP) is 4.14. The lowest BCUT2D eigenvalue weighted by Crippen LogP contribution is -2.09. The van der Waals surface area contributed by atoms with Crippen LogP contribution in [-0.4, -0.2) is 13.7 Å². The quantitative estimate of drug-likeness (QED) is 0.842. The Morgan fingerprint density at radius 1 is 1.21 bits per heavy atom. The van der Waals surface area contributed by atoms with Crippen molar-refractivity contribution in [2.45, 2.75) is 10.1 Å². The predicted molar refractivity (Wildman–Crippen MR) is 82.1 cm³/mol. The fraction of sp³-hybridized carbons (Fsp3) is 0.200. The van der Waals surface area contributed by atoms with Gasteiger partial charge in [0, 0.05) is 21.7 Å². The topological polar surface area (TPSA) is 35.2 Å². The molecule has 2 aromatic carbocycles. The van der Waals surface area contributed by atoms with Gasteiger partial charge in [-0.15, -0.1) is 11.8 Å². The maximum Gasteiger partial charge on any atom is 0.118 e. The van der Waals surface area contributed by atoms with Crippen LogP contribution in [0.15, 0.2) is 53.4 Å². The molecule has 2 aromatic rings. The molecular weight excluding hydrogens is 278 g/mol. The zero-order valence-electron chi connectivity index (χ0n) is 10.7. The summed E-state index contributed by atoms with van der Waals surface area (Å²) in [6.45, 7) is 0.567. The number of methoxy groups -OCH3 is 1. The molecule has 0 heterocycles. The number of nitrogens with two attached hydrogens (primary N) is 1. The van der Waals surface area contributed by atoms with E-state index in [1.807, 2.05) is 42.5 Å². The third-order valence-electron chi connectivity index (χ3n) is 2.77. The van der Waals surface area contributed by atoms with Crippen LogP contribution in [0.25, 0.3) is 0 Å². The summed E-state index contributed by atoms with van der Waals surface area (Å²) in [4.78, 5) is 1.16. The first-order valence-electron chi connectivity index (χ1n) is 5.99. The Bertz CT molecular complexity index is 530. The van der Waals surface area contributed by atoms with E-state index < -0.39 is 0 Å². The minimum absolute atomic E-state index is 0.201. The molecule has 0 saturated carbocycles. The Kier molecular flexibility index (Phi) is 5.14. The van der Waals surface area contributed by atoms with Gasteiger partial charge in [-0.1, -0.05) is 23.7 Å². The lowest BCUT2D eigenvalue weighted by Gasteiger charge is -2.15. The molecule has 0 amide bonds. The summed E-state index contributed by atoms with van der Waals surface area (Å²) in [5.74, 6) is 0.858. The van der Waals surface area contributed by atoms with Gasteiger partial charge in [-0.3, -0.25) is 0 Å². The third-order valence-corrected chi connectivity index (χ3v) is 4.30. The van der Waals surface area contributed by atoms with Crippen molar-refractivity contribution in [3.63, 3.8) is 0 Å². The maximum absolute atomic E-state index is 6.02. The van der Waals surface area contributed by atoms with Crippen molar-refractivity contribution in [3.8, 4) is 5.75 Å². The van der Waals surface area contributed by atoms with Gasteiger partial charge in [-0.25, -0.2) is 0 Å². The lowest BCUT2D eigenvalue weighted by atomic mass is 10.1. The van der Waals surface area contributed by atoms with Crippen LogP contribution in [0, 0.1) is 0 Å². The van der Waals surface area contributed by atoms with E-state index in [1.165, 1.54) is 0 Å². The SMILES string of the molecule is COc1ccc(SC(CN)c2cccc(Cl)c2)cc1. The molecule has 0 aliphatic rings. The minimum Gasteiger partial charge on any atom is -0.497 e. The number of hydrogen-bond acceptors (Lipinski definition) is 3. The molecule has 0 fully saturated rings. The first-order valence-corrected chi connectivity index (χ1v) is 7.25. The molecule has 0 radical (unpaired) electrons. The minimum atomic E-state index is 0.201. The van der Waals surface area contributed by atoms with Crippen molar-refractivity contribution in [3.05, 3.63) is 59.1 Å². The highest BCUT2D eigenvalue weighted by atomic mass is 35.5. The normalized spacial score (nSPS) is 12.2. The fourth-order valence-corrected chi connectivity index (χ4v) is 2.98. The van der Waals surface area contributed by atoms with E-state index in [9.17, 15) is 0 Å². The van der Waals surface area contributed by atoms with Gasteiger partial charge in [0.15, 0.2) is 0 Å². The number of rotatable bonds is 5. The van der Waals surface area contributed by atoms with Crippen LogP contribution in [0.2, 0.25) is 5.02 Å². The van der Waals surface area contributed by atoms with Crippen LogP contribution in [0.4, 0.5) is 0 Å². The molecule has 0 aromatic heterocycles. The monoisotopic (exact) mass is 293 g/mol. The molecule has 0 aliphatic carbocycles. The molecule has 0 spiro atoms. The number of benzene rings is 2. The van der Waals surface area contributed by atoms with Gasteiger partial charge in [0.25, 0.3) is 0 Å². The van der Waals surface area contributed by atoms with E-state index in [1.54, 1.807) is 18.9 Å². The zero-order chi connectivity index (χ0) is 13.7. The van der Waals surface area contributed by atoms with Crippen LogP contribution in [0.3, 0.4) is 0 Å². The lowest BCUT2D eigenvalue weighted by molar-refractivity contribution is 0.414. The summed E-state index contributed by atoms with van der Waals surface area (Å²) >= 11 is 7.75. The van der Waals surface area contributed by atoms with E-state index in [-0.39, 0.29) is 5.25 Å². The molecule has 2 nitrogen and oxygen atoms in total. The number of thioether (sulfide) groups is 1. The highest BCUT2D eigenvalue weighted by Crippen LogP contribution is 2.35. The van der Waals surface area contributed by atoms with Gasteiger partial charge < -0.3 is 10.5 Å². The van der Waals surface area contributed by atoms with Gasteiger partial charge in [0.05, 0.1) is 7.11 Å². The average molecular weight is 294 g/mol. The summed E-state index contributed by atoms with van der Waals surface area (Å²) in [6.07, 6.45) is 0. The summed E-state index contributed by atoms with van der Waals surface area (Å²) in [5, 5.41) is 0.943. The van der Waals surface area contributed by atoms with Crippen molar-refractivity contribution >= 4 is 23.4 Å². The first-order chi connectivity index (χ1) is 9.22. The van der Waals surface area contributed by atoms with Crippen LogP contribution < -0.4 is 10.5 Å². The van der Waals surface area contributed by atoms with Crippen LogP contribution in [0.1, 0.15) is 10.8 Å². The van der Waals surface area contributed by atoms with E-state index in [0.29, 0.717) is 6.54 Å². The maximum atomic E-state index is 6.02. The second-order valence-corrected chi connectivity index (χ2v) is 5.79. The van der Waals surface area contributed by atoms with Crippen LogP contribution >= 0.6 is 23.4 Å². The molecule has 2 N–H and O–H groups in total. The van der Waals surface area contributed by atoms with Crippen LogP contribution in [0.5, 0.6) is 5.75 Å². The highest BCUT2D eigenvalue weighted by Gasteiger charge is 2.11. The Morgan fingerprint density at radius 2 is 1.95 bits per heavy atom. The molecule has 1 atom stereocenters. The van der Waals surface area contributed by atoms with Crippen molar-refractivity contribution in [1.29, 1.82) is 0 Å². The van der Waals surface area contributed by atoms with E-state index >= 15 is 0 Å². The highest BCUT2D eigenvalue weighted by molar-refractivity contribution is 7.99. The molecule has 4 heteroatoms. The van der Waals surface area contributed by atoms with Gasteiger partial charge >= 0.3 is 0 Å². The largest absolute Gasteiger partial charge is 0.497 e. The second-order valence-electron chi connectivity index (χ2n) is 4.07. The van der Waals surface area contributed by atoms with Crippen molar-refractivity contribution < 1.29 is 4.74 Å². The summed E-state index contributed by atoms with van der Waals surface area (Å²) in [6, 6.07) is 15.8. The summed E-state index contributed by atoms with van der Waals surface area (Å²) in [5.41, 5.74) is 7.02. The van der Waals surface area contributed by atoms with Gasteiger partial charge in [-0.2, -0.15) is 0 Å². The van der Waals surface area contributed by atoms with Crippen molar-refractivity contribution in [2.75, 3.05) is 13.7 Å². The van der Waals surface area contributed by atoms with E-state index in [4.69, 9.17) is 22.1 Å². The van der Waals surface area contributed by atoms with Crippen LogP contribution in [-0.2, 0) is 0 Å². The zero-order valence-corrected chi connectivity index (χ0v) is 12.2. The third kappa shape index (κ3) is 3.90. The van der Waals surface area contributed by atoms with Gasteiger partial charge in [-0.05, 0) is 42.0 Å². The van der Waals surface area contributed by atoms with E-state index in [0.717, 1.165) is 21.2 Å². The fourth-order valence-electron chi connectivity index (χ4n) is 1.78. The molecule has 100 valence electrons. The first kappa shape index (κ1) is 14.3. The molecule has 0 saturated heterocycles. The Balaban J connectivity index is 2.14. The summed E-state index contributed by atoms with van der Waals surface area (Å²) < 4.78 is 5.15. The van der Waals surface area contributed by atoms with Crippen molar-refractivity contribution in [2.24, 2.45) is 5.73 Å². The molecule has 1 unspecified atom stereocenters. The second kappa shape index (κ2) is 6.85. The molecular formula is C15H16ClNOS. The Hall–Kier alpha value is -1.16. The molecule has 19 heavy (non-hydrogen) atoms. The standard InChI is InChI=1S/C15H16ClNOS/c1-18-13-5-7-14(8-6-13)19-15(10-17)11-3-2-4-12(16)9-11/h2-9,15H,10,17H2,1H3. The van der Waals surface area contributed by atoms with Crippen molar-refractivity contribution in [1.82, 2.24) is 0 Å². The number of ether oxygens (including phenoxy) is 1. The number of hydrogen-bond donors (Lipinski definition) is 1. The average Bonchev–Trinajstić information content (AvgIpc) is 2.45.